The van der Waals surface area contributed by atoms with E-state index in [0.29, 0.717) is 0 Å². The predicted octanol–water partition coefficient (Wildman–Crippen LogP) is 0.256. The molecule has 1 aliphatic rings. The van der Waals surface area contributed by atoms with E-state index in [-0.39, 0.29) is 12.1 Å². The van der Waals surface area contributed by atoms with Gasteiger partial charge >= 0.3 is 12.1 Å². The third-order valence-corrected chi connectivity index (χ3v) is 1.83. The zero-order valence-corrected chi connectivity index (χ0v) is 6.44. The van der Waals surface area contributed by atoms with Crippen LogP contribution in [0.1, 0.15) is 0 Å². The standard InChI is InChI=1S/C4H7N3O2S/c1-6-3(8)5-10-7(2)4(6)9/h1-2H3,(H,5,8). The molecule has 1 heterocycles. The van der Waals surface area contributed by atoms with Crippen molar-refractivity contribution in [1.29, 1.82) is 0 Å². The molecule has 1 aliphatic heterocycles. The topological polar surface area (TPSA) is 52.7 Å². The van der Waals surface area contributed by atoms with Crippen molar-refractivity contribution in [2.24, 2.45) is 0 Å². The Morgan fingerprint density at radius 3 is 2.50 bits per heavy atom. The molecule has 0 unspecified atom stereocenters. The van der Waals surface area contributed by atoms with Gasteiger partial charge in [-0.25, -0.2) is 14.5 Å². The van der Waals surface area contributed by atoms with E-state index in [9.17, 15) is 9.59 Å². The minimum atomic E-state index is -0.381. The lowest BCUT2D eigenvalue weighted by atomic mass is 10.7. The fraction of sp³-hybridized carbons (Fsp3) is 0.500. The third-order valence-electron chi connectivity index (χ3n) is 1.13. The van der Waals surface area contributed by atoms with E-state index in [2.05, 4.69) is 4.72 Å². The van der Waals surface area contributed by atoms with E-state index in [1.807, 2.05) is 0 Å². The summed E-state index contributed by atoms with van der Waals surface area (Å²) in [7, 11) is 3.01. The van der Waals surface area contributed by atoms with Crippen LogP contribution in [0.3, 0.4) is 0 Å². The van der Waals surface area contributed by atoms with Crippen molar-refractivity contribution in [3.8, 4) is 0 Å². The summed E-state index contributed by atoms with van der Waals surface area (Å²) in [4.78, 5) is 22.6. The van der Waals surface area contributed by atoms with Gasteiger partial charge in [-0.1, -0.05) is 0 Å². The quantitative estimate of drug-likeness (QED) is 0.518. The van der Waals surface area contributed by atoms with Gasteiger partial charge in [0.2, 0.25) is 0 Å². The number of amides is 4. The van der Waals surface area contributed by atoms with E-state index in [1.54, 1.807) is 7.05 Å². The molecule has 0 bridgehead atoms. The summed E-state index contributed by atoms with van der Waals surface area (Å²) < 4.78 is 3.76. The van der Waals surface area contributed by atoms with Gasteiger partial charge in [-0.05, 0) is 0 Å². The van der Waals surface area contributed by atoms with Crippen molar-refractivity contribution in [3.05, 3.63) is 0 Å². The van der Waals surface area contributed by atoms with Crippen molar-refractivity contribution >= 4 is 24.2 Å². The van der Waals surface area contributed by atoms with Gasteiger partial charge in [0.25, 0.3) is 0 Å². The summed E-state index contributed by atoms with van der Waals surface area (Å²) in [5.41, 5.74) is 0. The normalized spacial score (nSPS) is 19.4. The first-order chi connectivity index (χ1) is 4.63. The highest BCUT2D eigenvalue weighted by molar-refractivity contribution is 7.96. The fourth-order valence-electron chi connectivity index (χ4n) is 0.513. The molecule has 4 amide bonds. The molecule has 0 aromatic rings. The molecule has 1 fully saturated rings. The predicted molar refractivity (Wildman–Crippen MR) is 37.0 cm³/mol. The zero-order valence-electron chi connectivity index (χ0n) is 5.62. The van der Waals surface area contributed by atoms with E-state index < -0.39 is 0 Å². The smallest absolute Gasteiger partial charge is 0.263 e. The number of nitrogens with one attached hydrogen (secondary N) is 1. The van der Waals surface area contributed by atoms with Gasteiger partial charge in [0.05, 0.1) is 12.1 Å². The molecule has 1 N–H and O–H groups in total. The third kappa shape index (κ3) is 1.02. The molecule has 56 valence electrons. The molecule has 0 aliphatic carbocycles. The van der Waals surface area contributed by atoms with Crippen molar-refractivity contribution in [1.82, 2.24) is 13.9 Å². The maximum Gasteiger partial charge on any atom is 0.338 e. The second-order valence-electron chi connectivity index (χ2n) is 1.84. The van der Waals surface area contributed by atoms with Gasteiger partial charge in [-0.3, -0.25) is 9.03 Å². The highest BCUT2D eigenvalue weighted by Gasteiger charge is 2.26. The second-order valence-corrected chi connectivity index (χ2v) is 2.77. The molecule has 1 saturated heterocycles. The Balaban J connectivity index is 2.70. The Morgan fingerprint density at radius 2 is 2.00 bits per heavy atom. The molecular weight excluding hydrogens is 154 g/mol. The van der Waals surface area contributed by atoms with Crippen LogP contribution in [0.5, 0.6) is 0 Å². The Kier molecular flexibility index (Phi) is 1.71. The number of nitrogens with zero attached hydrogens (tertiary/aromatic N) is 2. The van der Waals surface area contributed by atoms with Crippen LogP contribution in [-0.2, 0) is 0 Å². The van der Waals surface area contributed by atoms with Gasteiger partial charge in [-0.15, -0.1) is 0 Å². The minimum absolute atomic E-state index is 0.311. The number of imide groups is 1. The maximum absolute atomic E-state index is 10.9. The van der Waals surface area contributed by atoms with Crippen molar-refractivity contribution in [2.45, 2.75) is 0 Å². The number of hydrogen-bond donors (Lipinski definition) is 1. The zero-order chi connectivity index (χ0) is 7.72. The van der Waals surface area contributed by atoms with Crippen LogP contribution in [0.25, 0.3) is 0 Å². The van der Waals surface area contributed by atoms with Crippen LogP contribution < -0.4 is 4.72 Å². The summed E-state index contributed by atoms with van der Waals surface area (Å²) in [6.45, 7) is 0. The summed E-state index contributed by atoms with van der Waals surface area (Å²) in [5.74, 6) is 0. The first kappa shape index (κ1) is 7.20. The van der Waals surface area contributed by atoms with Gasteiger partial charge in [0.15, 0.2) is 0 Å². The SMILES string of the molecule is CN1SNC(=O)N(C)C1=O. The van der Waals surface area contributed by atoms with Gasteiger partial charge in [0.1, 0.15) is 0 Å². The lowest BCUT2D eigenvalue weighted by molar-refractivity contribution is 0.186. The lowest BCUT2D eigenvalue weighted by Gasteiger charge is -2.27. The molecule has 0 atom stereocenters. The average Bonchev–Trinajstić information content (AvgIpc) is 1.93. The van der Waals surface area contributed by atoms with E-state index >= 15 is 0 Å². The summed E-state index contributed by atoms with van der Waals surface area (Å²) in [5, 5.41) is 0. The second kappa shape index (κ2) is 2.37. The first-order valence-electron chi connectivity index (χ1n) is 2.61. The largest absolute Gasteiger partial charge is 0.338 e. The number of urea groups is 2. The van der Waals surface area contributed by atoms with Crippen molar-refractivity contribution in [3.63, 3.8) is 0 Å². The molecule has 10 heavy (non-hydrogen) atoms. The summed E-state index contributed by atoms with van der Waals surface area (Å²) >= 11 is 0.981. The Hall–Kier alpha value is -0.910. The van der Waals surface area contributed by atoms with E-state index in [1.165, 1.54) is 11.4 Å². The maximum atomic E-state index is 10.9. The van der Waals surface area contributed by atoms with Crippen LogP contribution in [0.4, 0.5) is 9.59 Å². The highest BCUT2D eigenvalue weighted by Crippen LogP contribution is 2.11. The minimum Gasteiger partial charge on any atom is -0.263 e. The molecule has 0 spiro atoms. The van der Waals surface area contributed by atoms with Crippen molar-refractivity contribution < 1.29 is 9.59 Å². The number of carbonyl (C=O) groups excluding carboxylic acids is 2. The molecular formula is C4H7N3O2S. The number of carbonyl (C=O) groups is 2. The van der Waals surface area contributed by atoms with Gasteiger partial charge in [0, 0.05) is 14.1 Å². The number of rotatable bonds is 0. The number of hydrogen-bond acceptors (Lipinski definition) is 3. The monoisotopic (exact) mass is 161 g/mol. The van der Waals surface area contributed by atoms with Crippen LogP contribution in [0.15, 0.2) is 0 Å². The molecule has 6 heteroatoms. The van der Waals surface area contributed by atoms with Crippen molar-refractivity contribution in [2.75, 3.05) is 14.1 Å². The Morgan fingerprint density at radius 1 is 1.40 bits per heavy atom. The molecule has 1 rings (SSSR count). The summed E-state index contributed by atoms with van der Waals surface area (Å²) in [6.07, 6.45) is 0. The molecule has 5 nitrogen and oxygen atoms in total. The lowest BCUT2D eigenvalue weighted by Crippen LogP contribution is -2.49. The fourth-order valence-corrected chi connectivity index (χ4v) is 1.07. The van der Waals surface area contributed by atoms with Crippen LogP contribution >= 0.6 is 12.1 Å². The van der Waals surface area contributed by atoms with Crippen LogP contribution in [0, 0.1) is 0 Å². The average molecular weight is 161 g/mol. The first-order valence-corrected chi connectivity index (χ1v) is 3.38. The van der Waals surface area contributed by atoms with Crippen LogP contribution in [0.2, 0.25) is 0 Å². The van der Waals surface area contributed by atoms with Gasteiger partial charge in [-0.2, -0.15) is 0 Å². The highest BCUT2D eigenvalue weighted by atomic mass is 32.2. The van der Waals surface area contributed by atoms with Crippen LogP contribution in [-0.4, -0.2) is 35.4 Å². The molecule has 0 saturated carbocycles. The van der Waals surface area contributed by atoms with E-state index in [4.69, 9.17) is 0 Å². The molecule has 0 aromatic carbocycles. The molecule has 0 radical (unpaired) electrons. The molecule has 0 aromatic heterocycles. The van der Waals surface area contributed by atoms with E-state index in [0.717, 1.165) is 17.0 Å². The summed E-state index contributed by atoms with van der Waals surface area (Å²) in [6, 6.07) is -0.693. The van der Waals surface area contributed by atoms with Gasteiger partial charge < -0.3 is 0 Å². The Bertz CT molecular complexity index is 183. The Labute approximate surface area is 62.6 Å².